The van der Waals surface area contributed by atoms with Gasteiger partial charge in [0.2, 0.25) is 0 Å². The Hall–Kier alpha value is -2.06. The van der Waals surface area contributed by atoms with Crippen molar-refractivity contribution in [2.45, 2.75) is 36.8 Å². The summed E-state index contributed by atoms with van der Waals surface area (Å²) in [6.45, 7) is -0.0391. The van der Waals surface area contributed by atoms with Crippen molar-refractivity contribution < 1.29 is 8.42 Å². The summed E-state index contributed by atoms with van der Waals surface area (Å²) in [7, 11) is -3.71. The van der Waals surface area contributed by atoms with Crippen molar-refractivity contribution >= 4 is 10.0 Å². The third-order valence-electron chi connectivity index (χ3n) is 3.66. The summed E-state index contributed by atoms with van der Waals surface area (Å²) in [5, 5.41) is -0.0564. The predicted molar refractivity (Wildman–Crippen MR) is 79.7 cm³/mol. The number of nitrogens with zero attached hydrogens (tertiary/aromatic N) is 2. The van der Waals surface area contributed by atoms with Gasteiger partial charge in [0.05, 0.1) is 12.2 Å². The highest BCUT2D eigenvalue weighted by atomic mass is 32.2. The molecule has 0 unspecified atom stereocenters. The first-order chi connectivity index (χ1) is 10.5. The minimum Gasteiger partial charge on any atom is -0.310 e. The smallest absolute Gasteiger partial charge is 0.258 e. The number of nitrogens with one attached hydrogen (secondary N) is 2. The number of aromatic nitrogens is 3. The summed E-state index contributed by atoms with van der Waals surface area (Å²) in [6.07, 6.45) is 4.55. The topological polar surface area (TPSA) is 105 Å². The van der Waals surface area contributed by atoms with E-state index < -0.39 is 10.0 Å². The molecule has 0 radical (unpaired) electrons. The van der Waals surface area contributed by atoms with E-state index in [1.807, 2.05) is 0 Å². The quantitative estimate of drug-likeness (QED) is 0.852. The summed E-state index contributed by atoms with van der Waals surface area (Å²) in [5.74, 6) is 0.922. The lowest BCUT2D eigenvalue weighted by Gasteiger charge is -2.24. The highest BCUT2D eigenvalue weighted by molar-refractivity contribution is 7.89. The molecular formula is C14H16N4O3S. The standard InChI is InChI=1S/C14H16N4O3S/c19-12-8-11(17-14(18-12)10-4-3-5-10)9-16-22(20,21)13-6-1-2-7-15-13/h1-2,6-8,10,16H,3-5,9H2,(H,17,18,19). The molecule has 2 N–H and O–H groups in total. The molecule has 0 amide bonds. The Morgan fingerprint density at radius 3 is 2.77 bits per heavy atom. The number of aromatic amines is 1. The number of sulfonamides is 1. The summed E-state index contributed by atoms with van der Waals surface area (Å²) in [4.78, 5) is 22.5. The molecule has 1 aliphatic carbocycles. The van der Waals surface area contributed by atoms with Crippen LogP contribution in [-0.2, 0) is 16.6 Å². The van der Waals surface area contributed by atoms with Gasteiger partial charge in [-0.2, -0.15) is 0 Å². The zero-order valence-electron chi connectivity index (χ0n) is 11.8. The van der Waals surface area contributed by atoms with E-state index in [0.29, 0.717) is 11.5 Å². The molecule has 1 fully saturated rings. The first-order valence-corrected chi connectivity index (χ1v) is 8.54. The van der Waals surface area contributed by atoms with Crippen molar-refractivity contribution in [2.24, 2.45) is 0 Å². The van der Waals surface area contributed by atoms with Gasteiger partial charge in [-0.15, -0.1) is 0 Å². The van der Waals surface area contributed by atoms with Gasteiger partial charge in [0.15, 0.2) is 5.03 Å². The molecule has 2 aromatic rings. The molecule has 0 aromatic carbocycles. The number of hydrogen-bond acceptors (Lipinski definition) is 5. The van der Waals surface area contributed by atoms with Gasteiger partial charge in [-0.25, -0.2) is 23.1 Å². The molecule has 1 aliphatic rings. The van der Waals surface area contributed by atoms with Crippen molar-refractivity contribution in [3.63, 3.8) is 0 Å². The first kappa shape index (κ1) is 14.9. The third-order valence-corrected chi connectivity index (χ3v) is 4.98. The Labute approximate surface area is 127 Å². The van der Waals surface area contributed by atoms with E-state index >= 15 is 0 Å². The van der Waals surface area contributed by atoms with Gasteiger partial charge in [0.25, 0.3) is 15.6 Å². The highest BCUT2D eigenvalue weighted by Gasteiger charge is 2.22. The maximum absolute atomic E-state index is 12.1. The second kappa shape index (κ2) is 5.98. The minimum atomic E-state index is -3.71. The van der Waals surface area contributed by atoms with Gasteiger partial charge in [0.1, 0.15) is 5.82 Å². The zero-order valence-corrected chi connectivity index (χ0v) is 12.6. The van der Waals surface area contributed by atoms with Crippen LogP contribution < -0.4 is 10.3 Å². The van der Waals surface area contributed by atoms with Crippen LogP contribution in [0.2, 0.25) is 0 Å². The van der Waals surface area contributed by atoms with Crippen LogP contribution in [0.15, 0.2) is 40.3 Å². The number of rotatable bonds is 5. The maximum atomic E-state index is 12.1. The second-order valence-electron chi connectivity index (χ2n) is 5.24. The van der Waals surface area contributed by atoms with Crippen LogP contribution in [-0.4, -0.2) is 23.4 Å². The van der Waals surface area contributed by atoms with Crippen molar-refractivity contribution in [3.05, 3.63) is 52.3 Å². The van der Waals surface area contributed by atoms with Crippen LogP contribution in [0.3, 0.4) is 0 Å². The van der Waals surface area contributed by atoms with Crippen LogP contribution in [0.5, 0.6) is 0 Å². The lowest BCUT2D eigenvalue weighted by atomic mass is 9.85. The lowest BCUT2D eigenvalue weighted by Crippen LogP contribution is -2.27. The number of H-pyrrole nitrogens is 1. The van der Waals surface area contributed by atoms with Crippen LogP contribution in [0.25, 0.3) is 0 Å². The molecule has 0 atom stereocenters. The summed E-state index contributed by atoms with van der Waals surface area (Å²) in [5.41, 5.74) is 0.147. The summed E-state index contributed by atoms with van der Waals surface area (Å²) < 4.78 is 26.6. The van der Waals surface area contributed by atoms with Crippen LogP contribution in [0.1, 0.15) is 36.7 Å². The molecule has 1 saturated carbocycles. The average Bonchev–Trinajstić information content (AvgIpc) is 2.44. The Kier molecular flexibility index (Phi) is 4.04. The highest BCUT2D eigenvalue weighted by Crippen LogP contribution is 2.33. The fraction of sp³-hybridized carbons (Fsp3) is 0.357. The normalized spacial score (nSPS) is 15.5. The van der Waals surface area contributed by atoms with E-state index in [1.54, 1.807) is 12.1 Å². The zero-order chi connectivity index (χ0) is 15.6. The molecule has 116 valence electrons. The van der Waals surface area contributed by atoms with Crippen molar-refractivity contribution in [1.29, 1.82) is 0 Å². The molecule has 0 aliphatic heterocycles. The Balaban J connectivity index is 1.76. The van der Waals surface area contributed by atoms with Gasteiger partial charge < -0.3 is 4.98 Å². The molecule has 2 aromatic heterocycles. The molecule has 0 spiro atoms. The van der Waals surface area contributed by atoms with Crippen LogP contribution in [0.4, 0.5) is 0 Å². The Bertz CT molecular complexity index is 813. The number of pyridine rings is 1. The van der Waals surface area contributed by atoms with E-state index in [-0.39, 0.29) is 23.0 Å². The molecule has 7 nitrogen and oxygen atoms in total. The Morgan fingerprint density at radius 1 is 1.32 bits per heavy atom. The van der Waals surface area contributed by atoms with Gasteiger partial charge in [-0.3, -0.25) is 4.79 Å². The van der Waals surface area contributed by atoms with Crippen molar-refractivity contribution in [2.75, 3.05) is 0 Å². The van der Waals surface area contributed by atoms with Gasteiger partial charge in [-0.05, 0) is 25.0 Å². The maximum Gasteiger partial charge on any atom is 0.258 e. The summed E-state index contributed by atoms with van der Waals surface area (Å²) >= 11 is 0. The van der Waals surface area contributed by atoms with Crippen molar-refractivity contribution in [1.82, 2.24) is 19.7 Å². The second-order valence-corrected chi connectivity index (χ2v) is 6.96. The monoisotopic (exact) mass is 320 g/mol. The van der Waals surface area contributed by atoms with Crippen molar-refractivity contribution in [3.8, 4) is 0 Å². The molecule has 0 saturated heterocycles. The van der Waals surface area contributed by atoms with Gasteiger partial charge in [-0.1, -0.05) is 12.5 Å². The van der Waals surface area contributed by atoms with Crippen LogP contribution in [0, 0.1) is 0 Å². The fourth-order valence-corrected chi connectivity index (χ4v) is 3.19. The molecule has 22 heavy (non-hydrogen) atoms. The molecule has 2 heterocycles. The molecule has 8 heteroatoms. The largest absolute Gasteiger partial charge is 0.310 e. The van der Waals surface area contributed by atoms with E-state index in [0.717, 1.165) is 19.3 Å². The SMILES string of the molecule is O=c1cc(CNS(=O)(=O)c2ccccn2)nc(C2CCC2)[nH]1. The fourth-order valence-electron chi connectivity index (χ4n) is 2.24. The lowest BCUT2D eigenvalue weighted by molar-refractivity contribution is 0.399. The van der Waals surface area contributed by atoms with Crippen LogP contribution >= 0.6 is 0 Å². The third kappa shape index (κ3) is 3.23. The first-order valence-electron chi connectivity index (χ1n) is 7.05. The Morgan fingerprint density at radius 2 is 2.14 bits per heavy atom. The average molecular weight is 320 g/mol. The molecular weight excluding hydrogens is 304 g/mol. The molecule has 3 rings (SSSR count). The van der Waals surface area contributed by atoms with Gasteiger partial charge >= 0.3 is 0 Å². The van der Waals surface area contributed by atoms with E-state index in [2.05, 4.69) is 19.7 Å². The van der Waals surface area contributed by atoms with E-state index in [9.17, 15) is 13.2 Å². The number of hydrogen-bond donors (Lipinski definition) is 2. The molecule has 0 bridgehead atoms. The van der Waals surface area contributed by atoms with E-state index in [4.69, 9.17) is 0 Å². The minimum absolute atomic E-state index is 0.0391. The van der Waals surface area contributed by atoms with Gasteiger partial charge in [0, 0.05) is 18.2 Å². The summed E-state index contributed by atoms with van der Waals surface area (Å²) in [6, 6.07) is 5.96. The predicted octanol–water partition coefficient (Wildman–Crippen LogP) is 0.911. The van der Waals surface area contributed by atoms with E-state index in [1.165, 1.54) is 18.3 Å².